The third-order valence-corrected chi connectivity index (χ3v) is 6.41. The fourth-order valence-corrected chi connectivity index (χ4v) is 4.46. The second-order valence-electron chi connectivity index (χ2n) is 8.86. The van der Waals surface area contributed by atoms with E-state index in [0.717, 1.165) is 56.1 Å². The molecule has 1 saturated carbocycles. The summed E-state index contributed by atoms with van der Waals surface area (Å²) in [5.41, 5.74) is 8.74. The van der Waals surface area contributed by atoms with E-state index in [1.54, 1.807) is 18.2 Å². The lowest BCUT2D eigenvalue weighted by molar-refractivity contribution is 0.147. The molecule has 6 heteroatoms. The van der Waals surface area contributed by atoms with E-state index in [2.05, 4.69) is 0 Å². The number of nitrogens with two attached hydrogens (primary N) is 1. The first-order valence-electron chi connectivity index (χ1n) is 11.0. The van der Waals surface area contributed by atoms with Crippen LogP contribution in [0.1, 0.15) is 49.7 Å². The van der Waals surface area contributed by atoms with Crippen LogP contribution in [0.3, 0.4) is 0 Å². The maximum Gasteiger partial charge on any atom is 0.451 e. The molecule has 1 atom stereocenters. The van der Waals surface area contributed by atoms with Crippen molar-refractivity contribution in [2.24, 2.45) is 17.6 Å². The molecule has 0 heterocycles. The van der Waals surface area contributed by atoms with Gasteiger partial charge in [-0.2, -0.15) is 0 Å². The van der Waals surface area contributed by atoms with Gasteiger partial charge >= 0.3 is 7.12 Å². The summed E-state index contributed by atoms with van der Waals surface area (Å²) in [6, 6.07) is 10.0. The van der Waals surface area contributed by atoms with Gasteiger partial charge in [0.05, 0.1) is 0 Å². The molecular weight excluding hydrogens is 383 g/mol. The highest BCUT2D eigenvalue weighted by molar-refractivity contribution is 6.40. The van der Waals surface area contributed by atoms with Gasteiger partial charge < -0.3 is 15.8 Å². The molecule has 0 amide bonds. The molecule has 4 N–H and O–H groups in total. The predicted molar refractivity (Wildman–Crippen MR) is 118 cm³/mol. The number of hydrogen-bond donors (Lipinski definition) is 3. The molecule has 0 aliphatic heterocycles. The largest absolute Gasteiger partial charge is 0.451 e. The Morgan fingerprint density at radius 1 is 1.03 bits per heavy atom. The van der Waals surface area contributed by atoms with E-state index in [-0.39, 0.29) is 11.9 Å². The number of halogens is 2. The lowest BCUT2D eigenvalue weighted by atomic mass is 9.68. The van der Waals surface area contributed by atoms with Crippen LogP contribution in [0.5, 0.6) is 0 Å². The van der Waals surface area contributed by atoms with Crippen molar-refractivity contribution in [3.8, 4) is 11.1 Å². The predicted octanol–water partition coefficient (Wildman–Crippen LogP) is 4.87. The van der Waals surface area contributed by atoms with Gasteiger partial charge in [-0.05, 0) is 80.9 Å². The molecule has 3 rings (SSSR count). The maximum atomic E-state index is 14.6. The highest BCUT2D eigenvalue weighted by Crippen LogP contribution is 2.39. The van der Waals surface area contributed by atoms with Gasteiger partial charge in [-0.3, -0.25) is 0 Å². The minimum atomic E-state index is -1.22. The van der Waals surface area contributed by atoms with Gasteiger partial charge in [0.1, 0.15) is 11.6 Å². The van der Waals surface area contributed by atoms with Crippen molar-refractivity contribution in [1.29, 1.82) is 0 Å². The Hall–Kier alpha value is -1.76. The van der Waals surface area contributed by atoms with Crippen LogP contribution >= 0.6 is 0 Å². The van der Waals surface area contributed by atoms with Crippen LogP contribution in [0.15, 0.2) is 36.4 Å². The molecule has 3 nitrogen and oxygen atoms in total. The van der Waals surface area contributed by atoms with Crippen molar-refractivity contribution in [2.75, 3.05) is 0 Å². The minimum absolute atomic E-state index is 0.179. The lowest BCUT2D eigenvalue weighted by Gasteiger charge is -2.39. The van der Waals surface area contributed by atoms with E-state index in [1.165, 1.54) is 12.1 Å². The van der Waals surface area contributed by atoms with Crippen LogP contribution in [0.2, 0.25) is 6.32 Å². The zero-order chi connectivity index (χ0) is 21.7. The Bertz CT molecular complexity index is 840. The van der Waals surface area contributed by atoms with E-state index >= 15 is 0 Å². The number of benzene rings is 2. The van der Waals surface area contributed by atoms with Crippen LogP contribution in [0.25, 0.3) is 11.1 Å². The average Bonchev–Trinajstić information content (AvgIpc) is 2.66. The molecule has 1 aliphatic rings. The zero-order valence-corrected chi connectivity index (χ0v) is 17.7. The monoisotopic (exact) mass is 415 g/mol. The Morgan fingerprint density at radius 3 is 2.50 bits per heavy atom. The summed E-state index contributed by atoms with van der Waals surface area (Å²) in [6.07, 6.45) is 7.09. The molecule has 162 valence electrons. The number of aryl methyl sites for hydroxylation is 2. The number of hydrogen-bond acceptors (Lipinski definition) is 3. The van der Waals surface area contributed by atoms with Crippen molar-refractivity contribution >= 4 is 7.12 Å². The van der Waals surface area contributed by atoms with Crippen LogP contribution in [-0.4, -0.2) is 23.2 Å². The van der Waals surface area contributed by atoms with Crippen LogP contribution in [0.4, 0.5) is 8.78 Å². The normalized spacial score (nSPS) is 19.4. The SMILES string of the molecule is Cc1ccc(F)c(-c2ccc(CCC3CC(C(N)CCCCB(O)O)C3)cc2F)c1. The van der Waals surface area contributed by atoms with Crippen molar-refractivity contribution in [1.82, 2.24) is 0 Å². The van der Waals surface area contributed by atoms with Gasteiger partial charge in [0.2, 0.25) is 0 Å². The van der Waals surface area contributed by atoms with Gasteiger partial charge in [0.15, 0.2) is 0 Å². The van der Waals surface area contributed by atoms with Gasteiger partial charge in [0, 0.05) is 17.2 Å². The summed E-state index contributed by atoms with van der Waals surface area (Å²) in [5, 5.41) is 17.7. The first kappa shape index (κ1) is 22.9. The van der Waals surface area contributed by atoms with E-state index in [9.17, 15) is 8.78 Å². The van der Waals surface area contributed by atoms with E-state index in [1.807, 2.05) is 13.0 Å². The average molecular weight is 415 g/mol. The van der Waals surface area contributed by atoms with Crippen LogP contribution in [-0.2, 0) is 6.42 Å². The van der Waals surface area contributed by atoms with E-state index in [4.69, 9.17) is 15.8 Å². The van der Waals surface area contributed by atoms with Gasteiger partial charge in [-0.1, -0.05) is 36.6 Å². The molecule has 30 heavy (non-hydrogen) atoms. The van der Waals surface area contributed by atoms with Gasteiger partial charge in [0.25, 0.3) is 0 Å². The highest BCUT2D eigenvalue weighted by Gasteiger charge is 2.32. The lowest BCUT2D eigenvalue weighted by Crippen LogP contribution is -2.39. The van der Waals surface area contributed by atoms with Gasteiger partial charge in [-0.25, -0.2) is 8.78 Å². The summed E-state index contributed by atoms with van der Waals surface area (Å²) in [7, 11) is -1.22. The molecule has 0 bridgehead atoms. The quantitative estimate of drug-likeness (QED) is 0.383. The highest BCUT2D eigenvalue weighted by atomic mass is 19.1. The van der Waals surface area contributed by atoms with Crippen molar-refractivity contribution in [2.45, 2.75) is 64.2 Å². The second kappa shape index (κ2) is 10.5. The molecule has 2 aromatic rings. The van der Waals surface area contributed by atoms with Gasteiger partial charge in [-0.15, -0.1) is 0 Å². The fraction of sp³-hybridized carbons (Fsp3) is 0.500. The van der Waals surface area contributed by atoms with E-state index < -0.39 is 12.9 Å². The Kier molecular flexibility index (Phi) is 8.03. The summed E-state index contributed by atoms with van der Waals surface area (Å²) in [5.74, 6) is 0.380. The topological polar surface area (TPSA) is 66.5 Å². The molecule has 1 fully saturated rings. The van der Waals surface area contributed by atoms with Crippen molar-refractivity contribution in [3.63, 3.8) is 0 Å². The smallest absolute Gasteiger partial charge is 0.427 e. The van der Waals surface area contributed by atoms with Crippen molar-refractivity contribution in [3.05, 3.63) is 59.2 Å². The summed E-state index contributed by atoms with van der Waals surface area (Å²) in [4.78, 5) is 0. The van der Waals surface area contributed by atoms with Crippen molar-refractivity contribution < 1.29 is 18.8 Å². The standard InChI is InChI=1S/C24H32BF2NO2/c1-16-5-10-22(26)21(12-16)20-9-8-17(15-23(20)27)6-7-18-13-19(14-18)24(28)4-2-3-11-25(29)30/h5,8-10,12,15,18-19,24,29-30H,2-4,6-7,11,13-14,28H2,1H3. The Morgan fingerprint density at radius 2 is 1.80 bits per heavy atom. The Balaban J connectivity index is 1.44. The summed E-state index contributed by atoms with van der Waals surface area (Å²) in [6.45, 7) is 1.87. The molecule has 1 unspecified atom stereocenters. The third kappa shape index (κ3) is 6.13. The maximum absolute atomic E-state index is 14.6. The number of rotatable bonds is 10. The fourth-order valence-electron chi connectivity index (χ4n) is 4.46. The molecule has 2 aromatic carbocycles. The molecule has 1 aliphatic carbocycles. The molecular formula is C24H32BF2NO2. The summed E-state index contributed by atoms with van der Waals surface area (Å²) >= 11 is 0. The zero-order valence-electron chi connectivity index (χ0n) is 17.7. The molecule has 0 saturated heterocycles. The summed E-state index contributed by atoms with van der Waals surface area (Å²) < 4.78 is 28.7. The van der Waals surface area contributed by atoms with Crippen LogP contribution < -0.4 is 5.73 Å². The molecule has 0 radical (unpaired) electrons. The molecule has 0 aromatic heterocycles. The second-order valence-corrected chi connectivity index (χ2v) is 8.86. The third-order valence-electron chi connectivity index (χ3n) is 6.41. The first-order chi connectivity index (χ1) is 14.3. The van der Waals surface area contributed by atoms with E-state index in [0.29, 0.717) is 29.3 Å². The molecule has 0 spiro atoms. The minimum Gasteiger partial charge on any atom is -0.427 e. The number of unbranched alkanes of at least 4 members (excludes halogenated alkanes) is 1. The Labute approximate surface area is 178 Å². The van der Waals surface area contributed by atoms with Crippen LogP contribution in [0, 0.1) is 30.4 Å². The first-order valence-corrected chi connectivity index (χ1v) is 11.0.